The molecule has 0 saturated carbocycles. The summed E-state index contributed by atoms with van der Waals surface area (Å²) in [5.74, 6) is -1.38. The molecule has 0 atom stereocenters. The summed E-state index contributed by atoms with van der Waals surface area (Å²) in [6.45, 7) is 0. The van der Waals surface area contributed by atoms with E-state index in [1.165, 1.54) is 23.5 Å². The van der Waals surface area contributed by atoms with Crippen molar-refractivity contribution in [3.8, 4) is 11.3 Å². The summed E-state index contributed by atoms with van der Waals surface area (Å²) in [6, 6.07) is 9.01. The first-order valence-corrected chi connectivity index (χ1v) is 6.93. The SMILES string of the molecule is Fc1ccc(Nc2nc(-c3cc(F)ccc3F)cs2)cc1. The van der Waals surface area contributed by atoms with Gasteiger partial charge in [0.05, 0.1) is 5.69 Å². The van der Waals surface area contributed by atoms with Gasteiger partial charge in [0.2, 0.25) is 0 Å². The minimum Gasteiger partial charge on any atom is -0.332 e. The second-order valence-corrected chi connectivity index (χ2v) is 5.15. The van der Waals surface area contributed by atoms with Gasteiger partial charge in [-0.05, 0) is 42.5 Å². The molecule has 0 bridgehead atoms. The Kier molecular flexibility index (Phi) is 3.62. The monoisotopic (exact) mass is 306 g/mol. The first-order valence-electron chi connectivity index (χ1n) is 6.05. The molecule has 21 heavy (non-hydrogen) atoms. The van der Waals surface area contributed by atoms with Gasteiger partial charge < -0.3 is 5.32 Å². The highest BCUT2D eigenvalue weighted by Crippen LogP contribution is 2.29. The Morgan fingerprint density at radius 2 is 1.62 bits per heavy atom. The molecule has 106 valence electrons. The van der Waals surface area contributed by atoms with Crippen molar-refractivity contribution >= 4 is 22.2 Å². The van der Waals surface area contributed by atoms with Gasteiger partial charge in [0, 0.05) is 16.6 Å². The van der Waals surface area contributed by atoms with E-state index in [9.17, 15) is 13.2 Å². The van der Waals surface area contributed by atoms with Crippen LogP contribution in [0.25, 0.3) is 11.3 Å². The van der Waals surface area contributed by atoms with Crippen molar-refractivity contribution in [2.75, 3.05) is 5.32 Å². The maximum absolute atomic E-state index is 13.7. The van der Waals surface area contributed by atoms with Crippen molar-refractivity contribution in [2.24, 2.45) is 0 Å². The molecule has 0 aliphatic carbocycles. The van der Waals surface area contributed by atoms with E-state index in [1.54, 1.807) is 17.5 Å². The second-order valence-electron chi connectivity index (χ2n) is 4.29. The Morgan fingerprint density at radius 3 is 2.38 bits per heavy atom. The van der Waals surface area contributed by atoms with Gasteiger partial charge in [-0.3, -0.25) is 0 Å². The molecule has 0 unspecified atom stereocenters. The highest BCUT2D eigenvalue weighted by molar-refractivity contribution is 7.14. The van der Waals surface area contributed by atoms with E-state index >= 15 is 0 Å². The largest absolute Gasteiger partial charge is 0.332 e. The minimum atomic E-state index is -0.532. The van der Waals surface area contributed by atoms with Crippen molar-refractivity contribution in [1.29, 1.82) is 0 Å². The molecule has 0 spiro atoms. The Balaban J connectivity index is 1.86. The lowest BCUT2D eigenvalue weighted by atomic mass is 10.1. The normalized spacial score (nSPS) is 10.6. The van der Waals surface area contributed by atoms with Crippen LogP contribution in [-0.4, -0.2) is 4.98 Å². The molecule has 0 amide bonds. The summed E-state index contributed by atoms with van der Waals surface area (Å²) < 4.78 is 39.7. The lowest BCUT2D eigenvalue weighted by Crippen LogP contribution is -1.91. The smallest absolute Gasteiger partial charge is 0.187 e. The van der Waals surface area contributed by atoms with Gasteiger partial charge in [-0.2, -0.15) is 0 Å². The fourth-order valence-corrected chi connectivity index (χ4v) is 2.54. The zero-order chi connectivity index (χ0) is 14.8. The first kappa shape index (κ1) is 13.6. The van der Waals surface area contributed by atoms with Crippen LogP contribution in [-0.2, 0) is 0 Å². The predicted octanol–water partition coefficient (Wildman–Crippen LogP) is 4.97. The van der Waals surface area contributed by atoms with Gasteiger partial charge in [0.25, 0.3) is 0 Å². The van der Waals surface area contributed by atoms with Crippen molar-refractivity contribution < 1.29 is 13.2 Å². The average molecular weight is 306 g/mol. The molecule has 2 aromatic carbocycles. The van der Waals surface area contributed by atoms with Crippen LogP contribution in [0.1, 0.15) is 0 Å². The third-order valence-electron chi connectivity index (χ3n) is 2.80. The van der Waals surface area contributed by atoms with Gasteiger partial charge in [-0.25, -0.2) is 18.2 Å². The van der Waals surface area contributed by atoms with Crippen LogP contribution in [0.3, 0.4) is 0 Å². The summed E-state index contributed by atoms with van der Waals surface area (Å²) in [5.41, 5.74) is 1.12. The van der Waals surface area contributed by atoms with Crippen molar-refractivity contribution in [3.63, 3.8) is 0 Å². The highest BCUT2D eigenvalue weighted by atomic mass is 32.1. The standard InChI is InChI=1S/C15H9F3N2S/c16-9-1-4-11(5-2-9)19-15-20-14(8-21-15)12-7-10(17)3-6-13(12)18/h1-8H,(H,19,20). The van der Waals surface area contributed by atoms with Crippen LogP contribution in [0, 0.1) is 17.5 Å². The van der Waals surface area contributed by atoms with Gasteiger partial charge >= 0.3 is 0 Å². The zero-order valence-corrected chi connectivity index (χ0v) is 11.4. The Hall–Kier alpha value is -2.34. The van der Waals surface area contributed by atoms with E-state index in [0.29, 0.717) is 16.5 Å². The third-order valence-corrected chi connectivity index (χ3v) is 3.56. The molecule has 1 heterocycles. The topological polar surface area (TPSA) is 24.9 Å². The molecular formula is C15H9F3N2S. The number of benzene rings is 2. The van der Waals surface area contributed by atoms with Crippen molar-refractivity contribution in [3.05, 3.63) is 65.3 Å². The fourth-order valence-electron chi connectivity index (χ4n) is 1.81. The molecule has 0 radical (unpaired) electrons. The zero-order valence-electron chi connectivity index (χ0n) is 10.6. The minimum absolute atomic E-state index is 0.110. The maximum Gasteiger partial charge on any atom is 0.187 e. The number of thiazole rings is 1. The summed E-state index contributed by atoms with van der Waals surface area (Å²) in [4.78, 5) is 4.21. The molecule has 0 aliphatic heterocycles. The summed E-state index contributed by atoms with van der Waals surface area (Å²) >= 11 is 1.25. The number of nitrogens with zero attached hydrogens (tertiary/aromatic N) is 1. The fraction of sp³-hybridized carbons (Fsp3) is 0. The number of halogens is 3. The van der Waals surface area contributed by atoms with Crippen LogP contribution in [0.15, 0.2) is 47.8 Å². The number of nitrogens with one attached hydrogen (secondary N) is 1. The first-order chi connectivity index (χ1) is 10.1. The Morgan fingerprint density at radius 1 is 0.905 bits per heavy atom. The second kappa shape index (κ2) is 5.57. The molecular weight excluding hydrogens is 297 g/mol. The van der Waals surface area contributed by atoms with E-state index in [4.69, 9.17) is 0 Å². The molecule has 0 fully saturated rings. The number of hydrogen-bond acceptors (Lipinski definition) is 3. The van der Waals surface area contributed by atoms with Crippen molar-refractivity contribution in [2.45, 2.75) is 0 Å². The maximum atomic E-state index is 13.7. The quantitative estimate of drug-likeness (QED) is 0.739. The number of rotatable bonds is 3. The van der Waals surface area contributed by atoms with E-state index in [2.05, 4.69) is 10.3 Å². The third kappa shape index (κ3) is 3.05. The molecule has 1 N–H and O–H groups in total. The molecule has 6 heteroatoms. The van der Waals surface area contributed by atoms with Crippen molar-refractivity contribution in [1.82, 2.24) is 4.98 Å². The molecule has 3 rings (SSSR count). The molecule has 3 aromatic rings. The number of aromatic nitrogens is 1. The number of anilines is 2. The lowest BCUT2D eigenvalue weighted by molar-refractivity contribution is 0.603. The van der Waals surface area contributed by atoms with E-state index in [0.717, 1.165) is 18.2 Å². The molecule has 2 nitrogen and oxygen atoms in total. The molecule has 1 aromatic heterocycles. The van der Waals surface area contributed by atoms with Gasteiger partial charge in [0.15, 0.2) is 5.13 Å². The Labute approximate surface area is 122 Å². The average Bonchev–Trinajstić information content (AvgIpc) is 2.92. The van der Waals surface area contributed by atoms with Gasteiger partial charge in [-0.1, -0.05) is 0 Å². The Bertz CT molecular complexity index is 769. The van der Waals surface area contributed by atoms with Gasteiger partial charge in [0.1, 0.15) is 17.5 Å². The van der Waals surface area contributed by atoms with Gasteiger partial charge in [-0.15, -0.1) is 11.3 Å². The summed E-state index contributed by atoms with van der Waals surface area (Å²) in [6.07, 6.45) is 0. The van der Waals surface area contributed by atoms with E-state index in [1.807, 2.05) is 0 Å². The van der Waals surface area contributed by atoms with Crippen LogP contribution in [0.4, 0.5) is 24.0 Å². The lowest BCUT2D eigenvalue weighted by Gasteiger charge is -2.02. The van der Waals surface area contributed by atoms with Crippen LogP contribution in [0.2, 0.25) is 0 Å². The van der Waals surface area contributed by atoms with E-state index in [-0.39, 0.29) is 11.4 Å². The molecule has 0 aliphatic rings. The summed E-state index contributed by atoms with van der Waals surface area (Å²) in [7, 11) is 0. The molecule has 0 saturated heterocycles. The van der Waals surface area contributed by atoms with E-state index < -0.39 is 11.6 Å². The van der Waals surface area contributed by atoms with Crippen LogP contribution < -0.4 is 5.32 Å². The highest BCUT2D eigenvalue weighted by Gasteiger charge is 2.10. The predicted molar refractivity (Wildman–Crippen MR) is 77.1 cm³/mol. The number of hydrogen-bond donors (Lipinski definition) is 1. The summed E-state index contributed by atoms with van der Waals surface area (Å²) in [5, 5.41) is 5.12. The van der Waals surface area contributed by atoms with Crippen LogP contribution in [0.5, 0.6) is 0 Å². The van der Waals surface area contributed by atoms with Crippen LogP contribution >= 0.6 is 11.3 Å².